The highest BCUT2D eigenvalue weighted by Crippen LogP contribution is 2.19. The Hall–Kier alpha value is -1.89. The summed E-state index contributed by atoms with van der Waals surface area (Å²) in [4.78, 5) is 12.1. The number of benzene rings is 2. The van der Waals surface area contributed by atoms with Crippen LogP contribution in [0.1, 0.15) is 15.9 Å². The van der Waals surface area contributed by atoms with Crippen LogP contribution in [0.5, 0.6) is 0 Å². The topological polar surface area (TPSA) is 89.3 Å². The van der Waals surface area contributed by atoms with Crippen LogP contribution in [0.25, 0.3) is 0 Å². The number of rotatable bonds is 3. The maximum absolute atomic E-state index is 12.2. The number of carbonyl (C=O) groups is 1. The van der Waals surface area contributed by atoms with E-state index in [0.717, 1.165) is 5.56 Å². The van der Waals surface area contributed by atoms with Crippen molar-refractivity contribution in [3.8, 4) is 0 Å². The molecule has 2 aromatic rings. The first kappa shape index (κ1) is 15.5. The number of hydrogen-bond donors (Lipinski definition) is 2. The van der Waals surface area contributed by atoms with Gasteiger partial charge in [-0.05, 0) is 42.8 Å². The Morgan fingerprint density at radius 3 is 2.57 bits per heavy atom. The third-order valence-electron chi connectivity index (χ3n) is 2.86. The average molecular weight is 325 g/mol. The first-order valence-electron chi connectivity index (χ1n) is 5.98. The molecule has 0 aromatic heterocycles. The minimum atomic E-state index is -3.81. The van der Waals surface area contributed by atoms with Gasteiger partial charge in [0.2, 0.25) is 10.0 Å². The molecule has 0 saturated heterocycles. The molecule has 0 unspecified atom stereocenters. The van der Waals surface area contributed by atoms with Crippen LogP contribution < -0.4 is 10.5 Å². The predicted octanol–water partition coefficient (Wildman–Crippen LogP) is 2.55. The molecule has 0 saturated carbocycles. The maximum atomic E-state index is 12.2. The highest BCUT2D eigenvalue weighted by Gasteiger charge is 2.12. The lowest BCUT2D eigenvalue weighted by molar-refractivity contribution is 0.102. The van der Waals surface area contributed by atoms with E-state index < -0.39 is 10.0 Å². The van der Waals surface area contributed by atoms with Crippen LogP contribution in [0.2, 0.25) is 5.02 Å². The quantitative estimate of drug-likeness (QED) is 0.909. The summed E-state index contributed by atoms with van der Waals surface area (Å²) in [6, 6.07) is 10.7. The van der Waals surface area contributed by atoms with Crippen molar-refractivity contribution < 1.29 is 13.2 Å². The summed E-state index contributed by atoms with van der Waals surface area (Å²) in [6.07, 6.45) is 0. The molecule has 1 amide bonds. The number of sulfonamides is 1. The van der Waals surface area contributed by atoms with Gasteiger partial charge in [0, 0.05) is 16.3 Å². The molecular weight excluding hydrogens is 312 g/mol. The average Bonchev–Trinajstić information content (AvgIpc) is 2.41. The number of carbonyl (C=O) groups excluding carboxylic acids is 1. The molecule has 2 rings (SSSR count). The Kier molecular flexibility index (Phi) is 4.32. The van der Waals surface area contributed by atoms with Gasteiger partial charge in [-0.3, -0.25) is 4.79 Å². The molecule has 3 N–H and O–H groups in total. The van der Waals surface area contributed by atoms with Crippen molar-refractivity contribution in [2.75, 3.05) is 5.32 Å². The first-order valence-corrected chi connectivity index (χ1v) is 7.90. The van der Waals surface area contributed by atoms with E-state index in [1.54, 1.807) is 31.2 Å². The van der Waals surface area contributed by atoms with Crippen molar-refractivity contribution in [3.63, 3.8) is 0 Å². The fourth-order valence-electron chi connectivity index (χ4n) is 1.79. The lowest BCUT2D eigenvalue weighted by Crippen LogP contribution is -2.15. The lowest BCUT2D eigenvalue weighted by atomic mass is 10.1. The number of aryl methyl sites for hydroxylation is 1. The van der Waals surface area contributed by atoms with Crippen LogP contribution in [-0.2, 0) is 10.0 Å². The van der Waals surface area contributed by atoms with Gasteiger partial charge in [0.1, 0.15) is 0 Å². The van der Waals surface area contributed by atoms with E-state index in [2.05, 4.69) is 5.32 Å². The van der Waals surface area contributed by atoms with Gasteiger partial charge < -0.3 is 5.32 Å². The van der Waals surface area contributed by atoms with Gasteiger partial charge in [-0.15, -0.1) is 0 Å². The molecule has 21 heavy (non-hydrogen) atoms. The maximum Gasteiger partial charge on any atom is 0.255 e. The zero-order chi connectivity index (χ0) is 15.6. The molecule has 0 aliphatic heterocycles. The number of primary sulfonamides is 1. The van der Waals surface area contributed by atoms with Gasteiger partial charge in [0.15, 0.2) is 0 Å². The third kappa shape index (κ3) is 3.81. The van der Waals surface area contributed by atoms with Crippen LogP contribution in [0, 0.1) is 6.92 Å². The summed E-state index contributed by atoms with van der Waals surface area (Å²) < 4.78 is 22.6. The monoisotopic (exact) mass is 324 g/mol. The third-order valence-corrected chi connectivity index (χ3v) is 4.01. The molecule has 0 spiro atoms. The van der Waals surface area contributed by atoms with Crippen molar-refractivity contribution in [3.05, 3.63) is 58.6 Å². The second-order valence-electron chi connectivity index (χ2n) is 4.49. The zero-order valence-electron chi connectivity index (χ0n) is 11.1. The number of halogens is 1. The Labute approximate surface area is 127 Å². The van der Waals surface area contributed by atoms with E-state index >= 15 is 0 Å². The lowest BCUT2D eigenvalue weighted by Gasteiger charge is -2.09. The molecule has 0 radical (unpaired) electrons. The molecule has 110 valence electrons. The van der Waals surface area contributed by atoms with E-state index in [1.165, 1.54) is 18.2 Å². The zero-order valence-corrected chi connectivity index (χ0v) is 12.7. The summed E-state index contributed by atoms with van der Waals surface area (Å²) in [6.45, 7) is 1.78. The Bertz CT molecular complexity index is 804. The molecule has 0 bridgehead atoms. The normalized spacial score (nSPS) is 11.2. The number of nitrogens with one attached hydrogen (secondary N) is 1. The van der Waals surface area contributed by atoms with Gasteiger partial charge >= 0.3 is 0 Å². The van der Waals surface area contributed by atoms with Crippen LogP contribution >= 0.6 is 11.6 Å². The van der Waals surface area contributed by atoms with Gasteiger partial charge in [-0.25, -0.2) is 13.6 Å². The molecule has 7 heteroatoms. The van der Waals surface area contributed by atoms with Crippen LogP contribution in [0.4, 0.5) is 5.69 Å². The van der Waals surface area contributed by atoms with E-state index in [4.69, 9.17) is 16.7 Å². The fraction of sp³-hybridized carbons (Fsp3) is 0.0714. The largest absolute Gasteiger partial charge is 0.322 e. The molecule has 0 heterocycles. The van der Waals surface area contributed by atoms with Crippen molar-refractivity contribution in [2.45, 2.75) is 11.8 Å². The van der Waals surface area contributed by atoms with Crippen molar-refractivity contribution >= 4 is 33.2 Å². The van der Waals surface area contributed by atoms with E-state index in [9.17, 15) is 13.2 Å². The van der Waals surface area contributed by atoms with Gasteiger partial charge in [0.05, 0.1) is 4.90 Å². The van der Waals surface area contributed by atoms with Crippen LogP contribution in [-0.4, -0.2) is 14.3 Å². The van der Waals surface area contributed by atoms with Gasteiger partial charge in [0.25, 0.3) is 5.91 Å². The highest BCUT2D eigenvalue weighted by atomic mass is 35.5. The smallest absolute Gasteiger partial charge is 0.255 e. The van der Waals surface area contributed by atoms with Crippen molar-refractivity contribution in [2.24, 2.45) is 5.14 Å². The minimum Gasteiger partial charge on any atom is -0.322 e. The predicted molar refractivity (Wildman–Crippen MR) is 82.0 cm³/mol. The van der Waals surface area contributed by atoms with Gasteiger partial charge in [-0.2, -0.15) is 0 Å². The number of amides is 1. The SMILES string of the molecule is Cc1ccc(Cl)cc1C(=O)Nc1cccc(S(N)(=O)=O)c1. The molecular formula is C14H13ClN2O3S. The van der Waals surface area contributed by atoms with E-state index in [0.29, 0.717) is 16.3 Å². The van der Waals surface area contributed by atoms with Crippen LogP contribution in [0.15, 0.2) is 47.4 Å². The minimum absolute atomic E-state index is 0.0666. The second kappa shape index (κ2) is 5.85. The van der Waals surface area contributed by atoms with E-state index in [-0.39, 0.29) is 10.8 Å². The molecule has 5 nitrogen and oxygen atoms in total. The van der Waals surface area contributed by atoms with Crippen molar-refractivity contribution in [1.82, 2.24) is 0 Å². The molecule has 2 aromatic carbocycles. The van der Waals surface area contributed by atoms with Crippen molar-refractivity contribution in [1.29, 1.82) is 0 Å². The second-order valence-corrected chi connectivity index (χ2v) is 6.48. The molecule has 0 atom stereocenters. The summed E-state index contributed by atoms with van der Waals surface area (Å²) in [7, 11) is -3.81. The number of hydrogen-bond acceptors (Lipinski definition) is 3. The Morgan fingerprint density at radius 1 is 1.19 bits per heavy atom. The fourth-order valence-corrected chi connectivity index (χ4v) is 2.52. The number of nitrogens with two attached hydrogens (primary N) is 1. The highest BCUT2D eigenvalue weighted by molar-refractivity contribution is 7.89. The Balaban J connectivity index is 2.30. The summed E-state index contributed by atoms with van der Waals surface area (Å²) in [5.41, 5.74) is 1.52. The summed E-state index contributed by atoms with van der Waals surface area (Å²) in [5.74, 6) is -0.374. The Morgan fingerprint density at radius 2 is 1.90 bits per heavy atom. The molecule has 0 aliphatic rings. The summed E-state index contributed by atoms with van der Waals surface area (Å²) >= 11 is 5.87. The molecule has 0 fully saturated rings. The van der Waals surface area contributed by atoms with E-state index in [1.807, 2.05) is 0 Å². The first-order chi connectivity index (χ1) is 9.77. The number of anilines is 1. The van der Waals surface area contributed by atoms with Crippen LogP contribution in [0.3, 0.4) is 0 Å². The standard InChI is InChI=1S/C14H13ClN2O3S/c1-9-5-6-10(15)7-13(9)14(18)17-11-3-2-4-12(8-11)21(16,19)20/h2-8H,1H3,(H,17,18)(H2,16,19,20). The molecule has 0 aliphatic carbocycles. The van der Waals surface area contributed by atoms with Gasteiger partial charge in [-0.1, -0.05) is 23.7 Å². The summed E-state index contributed by atoms with van der Waals surface area (Å²) in [5, 5.41) is 8.12.